The van der Waals surface area contributed by atoms with E-state index in [9.17, 15) is 0 Å². The van der Waals surface area contributed by atoms with Crippen LogP contribution in [0, 0.1) is 0 Å². The molecule has 1 aromatic heterocycles. The van der Waals surface area contributed by atoms with Gasteiger partial charge in [0, 0.05) is 15.8 Å². The van der Waals surface area contributed by atoms with Gasteiger partial charge in [0.2, 0.25) is 0 Å². The van der Waals surface area contributed by atoms with Crippen molar-refractivity contribution in [1.29, 1.82) is 0 Å². The molecule has 0 radical (unpaired) electrons. The number of hydrogen-bond acceptors (Lipinski definition) is 3. The van der Waals surface area contributed by atoms with Crippen LogP contribution in [0.4, 0.5) is 0 Å². The molecule has 2 aromatic rings. The number of nitrogens with one attached hydrogen (secondary N) is 1. The minimum atomic E-state index is -0.0373. The molecule has 0 saturated heterocycles. The molecular formula is C12H11BrCl2N2S. The van der Waals surface area contributed by atoms with Crippen LogP contribution in [0.1, 0.15) is 16.5 Å². The van der Waals surface area contributed by atoms with Crippen LogP contribution in [0.2, 0.25) is 9.36 Å². The fraction of sp³-hybridized carbons (Fsp3) is 0.167. The average Bonchev–Trinajstić information content (AvgIpc) is 2.76. The lowest BCUT2D eigenvalue weighted by Crippen LogP contribution is -2.29. The molecule has 6 heteroatoms. The molecule has 0 saturated carbocycles. The van der Waals surface area contributed by atoms with E-state index in [-0.39, 0.29) is 6.04 Å². The number of hydrogen-bond donors (Lipinski definition) is 2. The molecule has 2 rings (SSSR count). The summed E-state index contributed by atoms with van der Waals surface area (Å²) in [7, 11) is 0. The van der Waals surface area contributed by atoms with Crippen molar-refractivity contribution in [2.75, 3.05) is 0 Å². The second kappa shape index (κ2) is 6.37. The summed E-state index contributed by atoms with van der Waals surface area (Å²) in [6, 6.07) is 9.66. The Kier molecular flexibility index (Phi) is 5.06. The van der Waals surface area contributed by atoms with Gasteiger partial charge in [0.25, 0.3) is 0 Å². The number of hydrazine groups is 1. The topological polar surface area (TPSA) is 38.0 Å². The van der Waals surface area contributed by atoms with E-state index in [1.165, 1.54) is 4.88 Å². The average molecular weight is 366 g/mol. The summed E-state index contributed by atoms with van der Waals surface area (Å²) in [6.45, 7) is 0. The minimum absolute atomic E-state index is 0.0373. The van der Waals surface area contributed by atoms with Crippen molar-refractivity contribution in [3.63, 3.8) is 0 Å². The smallest absolute Gasteiger partial charge is 0.0931 e. The van der Waals surface area contributed by atoms with E-state index >= 15 is 0 Å². The van der Waals surface area contributed by atoms with Gasteiger partial charge in [-0.15, -0.1) is 11.3 Å². The molecule has 0 amide bonds. The molecule has 0 spiro atoms. The highest BCUT2D eigenvalue weighted by Gasteiger charge is 2.16. The van der Waals surface area contributed by atoms with E-state index < -0.39 is 0 Å². The van der Waals surface area contributed by atoms with Crippen molar-refractivity contribution < 1.29 is 0 Å². The van der Waals surface area contributed by atoms with Crippen LogP contribution in [-0.4, -0.2) is 0 Å². The summed E-state index contributed by atoms with van der Waals surface area (Å²) in [4.78, 5) is 1.17. The Bertz CT molecular complexity index is 545. The first-order valence-corrected chi connectivity index (χ1v) is 7.62. The van der Waals surface area contributed by atoms with Crippen LogP contribution in [0.15, 0.2) is 34.8 Å². The van der Waals surface area contributed by atoms with E-state index in [0.29, 0.717) is 5.02 Å². The van der Waals surface area contributed by atoms with Gasteiger partial charge in [-0.2, -0.15) is 0 Å². The number of nitrogens with two attached hydrogens (primary N) is 1. The highest BCUT2D eigenvalue weighted by molar-refractivity contribution is 9.10. The summed E-state index contributed by atoms with van der Waals surface area (Å²) < 4.78 is 1.65. The van der Waals surface area contributed by atoms with E-state index in [0.717, 1.165) is 20.8 Å². The van der Waals surface area contributed by atoms with Crippen LogP contribution in [0.3, 0.4) is 0 Å². The quantitative estimate of drug-likeness (QED) is 0.615. The Hall–Kier alpha value is -0.100. The molecule has 0 aliphatic carbocycles. The van der Waals surface area contributed by atoms with Crippen molar-refractivity contribution in [1.82, 2.24) is 5.43 Å². The molecule has 0 bridgehead atoms. The zero-order valence-electron chi connectivity index (χ0n) is 9.29. The summed E-state index contributed by atoms with van der Waals surface area (Å²) in [5.41, 5.74) is 3.77. The van der Waals surface area contributed by atoms with Gasteiger partial charge in [-0.1, -0.05) is 35.3 Å². The monoisotopic (exact) mass is 364 g/mol. The van der Waals surface area contributed by atoms with E-state index in [1.807, 2.05) is 30.3 Å². The van der Waals surface area contributed by atoms with Gasteiger partial charge in [0.15, 0.2) is 0 Å². The van der Waals surface area contributed by atoms with Crippen LogP contribution in [-0.2, 0) is 6.42 Å². The lowest BCUT2D eigenvalue weighted by Gasteiger charge is -2.17. The van der Waals surface area contributed by atoms with Crippen molar-refractivity contribution in [3.05, 3.63) is 54.6 Å². The maximum absolute atomic E-state index is 6.27. The standard InChI is InChI=1S/C12H11BrCl2N2S/c13-9-3-1-2-8(12(9)15)10(17-16)6-7-4-5-11(14)18-7/h1-5,10,17H,6,16H2. The lowest BCUT2D eigenvalue weighted by molar-refractivity contribution is 0.555. The van der Waals surface area contributed by atoms with Crippen molar-refractivity contribution in [2.24, 2.45) is 5.84 Å². The first-order valence-electron chi connectivity index (χ1n) is 5.26. The highest BCUT2D eigenvalue weighted by atomic mass is 79.9. The summed E-state index contributed by atoms with van der Waals surface area (Å²) >= 11 is 17.2. The third-order valence-corrected chi connectivity index (χ3v) is 5.16. The third kappa shape index (κ3) is 3.26. The molecule has 1 unspecified atom stereocenters. The Morgan fingerprint density at radius 2 is 2.06 bits per heavy atom. The lowest BCUT2D eigenvalue weighted by atomic mass is 10.0. The number of thiophene rings is 1. The molecule has 0 aliphatic rings. The summed E-state index contributed by atoms with van der Waals surface area (Å²) in [5, 5.41) is 0.683. The van der Waals surface area contributed by atoms with Gasteiger partial charge in [-0.3, -0.25) is 11.3 Å². The fourth-order valence-corrected chi connectivity index (χ4v) is 3.48. The van der Waals surface area contributed by atoms with Gasteiger partial charge in [0.1, 0.15) is 0 Å². The normalized spacial score (nSPS) is 12.7. The molecule has 1 atom stereocenters. The zero-order chi connectivity index (χ0) is 13.1. The minimum Gasteiger partial charge on any atom is -0.271 e. The largest absolute Gasteiger partial charge is 0.271 e. The molecule has 96 valence electrons. The molecule has 1 heterocycles. The van der Waals surface area contributed by atoms with Gasteiger partial charge >= 0.3 is 0 Å². The van der Waals surface area contributed by atoms with Gasteiger partial charge in [0.05, 0.1) is 15.4 Å². The van der Waals surface area contributed by atoms with Crippen molar-refractivity contribution in [3.8, 4) is 0 Å². The molecule has 1 aromatic carbocycles. The Labute approximate surface area is 128 Å². The first-order chi connectivity index (χ1) is 8.61. The van der Waals surface area contributed by atoms with Gasteiger partial charge < -0.3 is 0 Å². The van der Waals surface area contributed by atoms with E-state index in [4.69, 9.17) is 29.0 Å². The summed E-state index contributed by atoms with van der Waals surface area (Å²) in [6.07, 6.45) is 0.754. The second-order valence-corrected chi connectivity index (χ2v) is 6.80. The molecule has 0 fully saturated rings. The first kappa shape index (κ1) is 14.3. The Morgan fingerprint density at radius 3 is 2.67 bits per heavy atom. The van der Waals surface area contributed by atoms with Gasteiger partial charge in [-0.05, 0) is 39.7 Å². The van der Waals surface area contributed by atoms with Crippen molar-refractivity contribution in [2.45, 2.75) is 12.5 Å². The van der Waals surface area contributed by atoms with Gasteiger partial charge in [-0.25, -0.2) is 0 Å². The zero-order valence-corrected chi connectivity index (χ0v) is 13.2. The maximum Gasteiger partial charge on any atom is 0.0931 e. The number of halogens is 3. The molecule has 3 N–H and O–H groups in total. The maximum atomic E-state index is 6.27. The Morgan fingerprint density at radius 1 is 1.28 bits per heavy atom. The number of rotatable bonds is 4. The second-order valence-electron chi connectivity index (χ2n) is 3.77. The SMILES string of the molecule is NNC(Cc1ccc(Cl)s1)c1cccc(Br)c1Cl. The number of benzene rings is 1. The molecule has 18 heavy (non-hydrogen) atoms. The van der Waals surface area contributed by atoms with Crippen LogP contribution >= 0.6 is 50.5 Å². The summed E-state index contributed by atoms with van der Waals surface area (Å²) in [5.74, 6) is 5.63. The Balaban J connectivity index is 2.25. The van der Waals surface area contributed by atoms with Crippen LogP contribution in [0.25, 0.3) is 0 Å². The van der Waals surface area contributed by atoms with Crippen LogP contribution < -0.4 is 11.3 Å². The third-order valence-electron chi connectivity index (χ3n) is 2.59. The van der Waals surface area contributed by atoms with Crippen LogP contribution in [0.5, 0.6) is 0 Å². The predicted octanol–water partition coefficient (Wildman–Crippen LogP) is 4.56. The highest BCUT2D eigenvalue weighted by Crippen LogP contribution is 2.33. The molecule has 0 aliphatic heterocycles. The molecular weight excluding hydrogens is 355 g/mol. The predicted molar refractivity (Wildman–Crippen MR) is 82.2 cm³/mol. The van der Waals surface area contributed by atoms with Crippen molar-refractivity contribution >= 4 is 50.5 Å². The fourth-order valence-electron chi connectivity index (χ4n) is 1.71. The molecule has 2 nitrogen and oxygen atoms in total. The van der Waals surface area contributed by atoms with E-state index in [1.54, 1.807) is 11.3 Å². The van der Waals surface area contributed by atoms with E-state index in [2.05, 4.69) is 21.4 Å².